The van der Waals surface area contributed by atoms with Gasteiger partial charge in [0.1, 0.15) is 0 Å². The SMILES string of the molecule is C#CC#CC#CC12CCC(C)(CC1)CC2. The van der Waals surface area contributed by atoms with Gasteiger partial charge in [0, 0.05) is 5.41 Å². The fourth-order valence-electron chi connectivity index (χ4n) is 2.79. The number of fused-ring (bicyclic) bond motifs is 3. The molecule has 0 aromatic heterocycles. The molecule has 2 bridgehead atoms. The van der Waals surface area contributed by atoms with Gasteiger partial charge in [-0.1, -0.05) is 12.8 Å². The summed E-state index contributed by atoms with van der Waals surface area (Å²) in [5.74, 6) is 13.8. The zero-order chi connectivity index (χ0) is 10.8. The Hall–Kier alpha value is -1.32. The zero-order valence-corrected chi connectivity index (χ0v) is 9.32. The Labute approximate surface area is 92.8 Å². The van der Waals surface area contributed by atoms with Crippen LogP contribution >= 0.6 is 0 Å². The molecule has 3 fully saturated rings. The van der Waals surface area contributed by atoms with E-state index < -0.39 is 0 Å². The molecule has 0 N–H and O–H groups in total. The molecule has 0 radical (unpaired) electrons. The molecule has 0 heterocycles. The van der Waals surface area contributed by atoms with E-state index in [-0.39, 0.29) is 5.41 Å². The van der Waals surface area contributed by atoms with Crippen molar-refractivity contribution in [2.75, 3.05) is 0 Å². The molecule has 3 rings (SSSR count). The average Bonchev–Trinajstić information content (AvgIpc) is 2.27. The standard InChI is InChI=1S/C15H16/c1-3-4-5-6-7-15-11-8-14(2,9-12-15)10-13-15/h1H,8-13H2,2H3. The normalized spacial score (nSPS) is 36.8. The number of terminal acetylenes is 1. The van der Waals surface area contributed by atoms with Gasteiger partial charge in [-0.05, 0) is 67.6 Å². The van der Waals surface area contributed by atoms with Gasteiger partial charge in [-0.2, -0.15) is 0 Å². The van der Waals surface area contributed by atoms with Crippen molar-refractivity contribution in [3.8, 4) is 36.0 Å². The van der Waals surface area contributed by atoms with E-state index in [0.29, 0.717) is 5.41 Å². The van der Waals surface area contributed by atoms with Crippen molar-refractivity contribution < 1.29 is 0 Å². The van der Waals surface area contributed by atoms with Gasteiger partial charge >= 0.3 is 0 Å². The van der Waals surface area contributed by atoms with Gasteiger partial charge in [-0.3, -0.25) is 0 Å². The molecule has 0 saturated heterocycles. The van der Waals surface area contributed by atoms with Gasteiger partial charge in [-0.25, -0.2) is 0 Å². The molecule has 0 aromatic rings. The van der Waals surface area contributed by atoms with Gasteiger partial charge in [0.05, 0.1) is 0 Å². The molecule has 0 atom stereocenters. The van der Waals surface area contributed by atoms with Crippen LogP contribution in [-0.4, -0.2) is 0 Å². The average molecular weight is 196 g/mol. The zero-order valence-electron chi connectivity index (χ0n) is 9.32. The van der Waals surface area contributed by atoms with E-state index in [1.54, 1.807) is 0 Å². The first-order chi connectivity index (χ1) is 7.18. The van der Waals surface area contributed by atoms with Crippen LogP contribution in [-0.2, 0) is 0 Å². The summed E-state index contributed by atoms with van der Waals surface area (Å²) in [7, 11) is 0. The van der Waals surface area contributed by atoms with Crippen LogP contribution in [0.5, 0.6) is 0 Å². The molecule has 3 saturated carbocycles. The number of hydrogen-bond acceptors (Lipinski definition) is 0. The third kappa shape index (κ3) is 2.03. The highest BCUT2D eigenvalue weighted by Crippen LogP contribution is 2.56. The first kappa shape index (κ1) is 10.2. The quantitative estimate of drug-likeness (QED) is 0.522. The summed E-state index contributed by atoms with van der Waals surface area (Å²) in [6, 6.07) is 0. The Bertz CT molecular complexity index is 386. The lowest BCUT2D eigenvalue weighted by atomic mass is 9.55. The van der Waals surface area contributed by atoms with Crippen molar-refractivity contribution in [3.63, 3.8) is 0 Å². The third-order valence-electron chi connectivity index (χ3n) is 4.15. The van der Waals surface area contributed by atoms with E-state index in [1.807, 2.05) is 0 Å². The van der Waals surface area contributed by atoms with Crippen molar-refractivity contribution in [1.29, 1.82) is 0 Å². The van der Waals surface area contributed by atoms with Gasteiger partial charge in [0.25, 0.3) is 0 Å². The highest BCUT2D eigenvalue weighted by Gasteiger charge is 2.45. The van der Waals surface area contributed by atoms with Crippen LogP contribution in [0.1, 0.15) is 45.4 Å². The van der Waals surface area contributed by atoms with Crippen LogP contribution in [0.3, 0.4) is 0 Å². The monoisotopic (exact) mass is 196 g/mol. The summed E-state index contributed by atoms with van der Waals surface area (Å²) in [6.07, 6.45) is 12.8. The Balaban J connectivity index is 2.09. The molecule has 3 aliphatic rings. The lowest BCUT2D eigenvalue weighted by Gasteiger charge is -2.49. The summed E-state index contributed by atoms with van der Waals surface area (Å²) in [6.45, 7) is 2.42. The second-order valence-electron chi connectivity index (χ2n) is 5.24. The summed E-state index contributed by atoms with van der Waals surface area (Å²) in [4.78, 5) is 0. The Morgan fingerprint density at radius 2 is 1.47 bits per heavy atom. The van der Waals surface area contributed by atoms with Crippen molar-refractivity contribution in [2.45, 2.75) is 45.4 Å². The summed E-state index contributed by atoms with van der Waals surface area (Å²) >= 11 is 0. The van der Waals surface area contributed by atoms with Crippen LogP contribution in [0.25, 0.3) is 0 Å². The predicted molar refractivity (Wildman–Crippen MR) is 62.6 cm³/mol. The van der Waals surface area contributed by atoms with Crippen molar-refractivity contribution >= 4 is 0 Å². The molecule has 0 spiro atoms. The lowest BCUT2D eigenvalue weighted by Crippen LogP contribution is -2.38. The topological polar surface area (TPSA) is 0 Å². The van der Waals surface area contributed by atoms with Gasteiger partial charge in [0.15, 0.2) is 0 Å². The van der Waals surface area contributed by atoms with Crippen molar-refractivity contribution in [3.05, 3.63) is 0 Å². The highest BCUT2D eigenvalue weighted by atomic mass is 14.5. The minimum absolute atomic E-state index is 0.279. The Kier molecular flexibility index (Phi) is 2.50. The van der Waals surface area contributed by atoms with E-state index in [4.69, 9.17) is 6.42 Å². The number of hydrogen-bond donors (Lipinski definition) is 0. The van der Waals surface area contributed by atoms with E-state index in [2.05, 4.69) is 36.5 Å². The fourth-order valence-corrected chi connectivity index (χ4v) is 2.79. The second kappa shape index (κ2) is 3.68. The van der Waals surface area contributed by atoms with Gasteiger partial charge < -0.3 is 0 Å². The molecular formula is C15H16. The molecule has 15 heavy (non-hydrogen) atoms. The summed E-state index contributed by atoms with van der Waals surface area (Å²) < 4.78 is 0. The second-order valence-corrected chi connectivity index (χ2v) is 5.24. The predicted octanol–water partition coefficient (Wildman–Crippen LogP) is 2.99. The molecule has 0 amide bonds. The molecular weight excluding hydrogens is 180 g/mol. The Morgan fingerprint density at radius 1 is 0.867 bits per heavy atom. The number of rotatable bonds is 0. The molecule has 3 aliphatic carbocycles. The van der Waals surface area contributed by atoms with Crippen molar-refractivity contribution in [2.24, 2.45) is 10.8 Å². The summed E-state index contributed by atoms with van der Waals surface area (Å²) in [5.41, 5.74) is 0.898. The van der Waals surface area contributed by atoms with Crippen LogP contribution in [0.2, 0.25) is 0 Å². The molecule has 76 valence electrons. The van der Waals surface area contributed by atoms with Crippen molar-refractivity contribution in [1.82, 2.24) is 0 Å². The summed E-state index contributed by atoms with van der Waals surface area (Å²) in [5, 5.41) is 0. The largest absolute Gasteiger partial charge is 0.106 e. The molecule has 0 aliphatic heterocycles. The third-order valence-corrected chi connectivity index (χ3v) is 4.15. The van der Waals surface area contributed by atoms with E-state index in [1.165, 1.54) is 38.5 Å². The molecule has 0 unspecified atom stereocenters. The Morgan fingerprint density at radius 3 is 2.00 bits per heavy atom. The molecule has 0 nitrogen and oxygen atoms in total. The maximum absolute atomic E-state index is 5.05. The molecule has 0 aromatic carbocycles. The smallest absolute Gasteiger partial charge is 0.0325 e. The van der Waals surface area contributed by atoms with E-state index in [9.17, 15) is 0 Å². The van der Waals surface area contributed by atoms with E-state index in [0.717, 1.165) is 0 Å². The first-order valence-electron chi connectivity index (χ1n) is 5.66. The van der Waals surface area contributed by atoms with Crippen LogP contribution in [0, 0.1) is 46.9 Å². The minimum atomic E-state index is 0.279. The minimum Gasteiger partial charge on any atom is -0.106 e. The maximum Gasteiger partial charge on any atom is 0.0325 e. The molecule has 0 heteroatoms. The lowest BCUT2D eigenvalue weighted by molar-refractivity contribution is 0.0423. The fraction of sp³-hybridized carbons (Fsp3) is 0.600. The first-order valence-corrected chi connectivity index (χ1v) is 5.66. The van der Waals surface area contributed by atoms with Gasteiger partial charge in [0.2, 0.25) is 0 Å². The van der Waals surface area contributed by atoms with E-state index >= 15 is 0 Å². The van der Waals surface area contributed by atoms with Crippen LogP contribution in [0.15, 0.2) is 0 Å². The highest BCUT2D eigenvalue weighted by molar-refractivity contribution is 5.35. The maximum atomic E-state index is 5.05. The van der Waals surface area contributed by atoms with Crippen LogP contribution in [0.4, 0.5) is 0 Å². The van der Waals surface area contributed by atoms with Gasteiger partial charge in [-0.15, -0.1) is 6.42 Å². The van der Waals surface area contributed by atoms with Crippen LogP contribution < -0.4 is 0 Å².